The van der Waals surface area contributed by atoms with Gasteiger partial charge in [-0.15, -0.1) is 0 Å². The monoisotopic (exact) mass is 367 g/mol. The van der Waals surface area contributed by atoms with Crippen molar-refractivity contribution in [2.45, 2.75) is 39.7 Å². The number of para-hydroxylation sites is 1. The molecule has 1 amide bonds. The van der Waals surface area contributed by atoms with Crippen molar-refractivity contribution in [2.75, 3.05) is 36.4 Å². The van der Waals surface area contributed by atoms with Crippen LogP contribution < -0.4 is 10.2 Å². The van der Waals surface area contributed by atoms with Crippen molar-refractivity contribution in [1.29, 1.82) is 0 Å². The Balaban J connectivity index is 1.59. The number of nitrogens with one attached hydrogen (secondary N) is 1. The number of piperazine rings is 1. The van der Waals surface area contributed by atoms with Gasteiger partial charge in [0.15, 0.2) is 0 Å². The number of amides is 1. The van der Waals surface area contributed by atoms with Crippen molar-refractivity contribution >= 4 is 17.4 Å². The lowest BCUT2D eigenvalue weighted by Crippen LogP contribution is -2.53. The zero-order chi connectivity index (χ0) is 19.4. The Labute approximate surface area is 161 Å². The van der Waals surface area contributed by atoms with Gasteiger partial charge in [0.05, 0.1) is 6.04 Å². The summed E-state index contributed by atoms with van der Waals surface area (Å²) in [6.07, 6.45) is 0. The molecule has 0 aliphatic carbocycles. The summed E-state index contributed by atoms with van der Waals surface area (Å²) in [5, 5.41) is 2.99. The predicted octanol–water partition coefficient (Wildman–Crippen LogP) is 3.06. The minimum atomic E-state index is -0.161. The number of carbonyl (C=O) groups is 1. The van der Waals surface area contributed by atoms with Crippen LogP contribution in [0, 0.1) is 6.92 Å². The van der Waals surface area contributed by atoms with Crippen molar-refractivity contribution in [3.63, 3.8) is 0 Å². The second-order valence-corrected chi connectivity index (χ2v) is 7.43. The van der Waals surface area contributed by atoms with E-state index in [0.717, 1.165) is 49.2 Å². The van der Waals surface area contributed by atoms with Gasteiger partial charge in [-0.1, -0.05) is 32.0 Å². The van der Waals surface area contributed by atoms with E-state index in [1.807, 2.05) is 50.2 Å². The first kappa shape index (κ1) is 19.3. The van der Waals surface area contributed by atoms with Crippen LogP contribution in [-0.2, 0) is 4.79 Å². The van der Waals surface area contributed by atoms with Gasteiger partial charge >= 0.3 is 0 Å². The van der Waals surface area contributed by atoms with Crippen LogP contribution in [-0.4, -0.2) is 53.0 Å². The average molecular weight is 367 g/mol. The van der Waals surface area contributed by atoms with Gasteiger partial charge in [-0.25, -0.2) is 9.97 Å². The Hall–Kier alpha value is -2.47. The zero-order valence-electron chi connectivity index (χ0n) is 16.6. The van der Waals surface area contributed by atoms with Crippen molar-refractivity contribution < 1.29 is 4.79 Å². The molecule has 6 heteroatoms. The fourth-order valence-electron chi connectivity index (χ4n) is 3.27. The Kier molecular flexibility index (Phi) is 6.06. The highest BCUT2D eigenvalue weighted by Gasteiger charge is 2.26. The Morgan fingerprint density at radius 3 is 2.33 bits per heavy atom. The van der Waals surface area contributed by atoms with E-state index in [1.165, 1.54) is 0 Å². The van der Waals surface area contributed by atoms with Gasteiger partial charge in [0.1, 0.15) is 11.6 Å². The van der Waals surface area contributed by atoms with Gasteiger partial charge < -0.3 is 10.2 Å². The van der Waals surface area contributed by atoms with Crippen molar-refractivity contribution in [2.24, 2.45) is 0 Å². The summed E-state index contributed by atoms with van der Waals surface area (Å²) in [6, 6.07) is 11.5. The Morgan fingerprint density at radius 2 is 1.70 bits per heavy atom. The summed E-state index contributed by atoms with van der Waals surface area (Å²) < 4.78 is 0. The van der Waals surface area contributed by atoms with E-state index in [1.54, 1.807) is 0 Å². The first-order valence-corrected chi connectivity index (χ1v) is 9.64. The lowest BCUT2D eigenvalue weighted by Gasteiger charge is -2.38. The van der Waals surface area contributed by atoms with E-state index >= 15 is 0 Å². The molecule has 0 radical (unpaired) electrons. The van der Waals surface area contributed by atoms with Gasteiger partial charge in [-0.05, 0) is 26.0 Å². The molecular formula is C21H29N5O. The molecule has 1 aromatic carbocycles. The van der Waals surface area contributed by atoms with E-state index in [0.29, 0.717) is 5.92 Å². The van der Waals surface area contributed by atoms with Crippen molar-refractivity contribution in [3.05, 3.63) is 47.9 Å². The second-order valence-electron chi connectivity index (χ2n) is 7.43. The summed E-state index contributed by atoms with van der Waals surface area (Å²) in [5.41, 5.74) is 1.84. The molecule has 1 atom stereocenters. The summed E-state index contributed by atoms with van der Waals surface area (Å²) in [4.78, 5) is 26.3. The molecule has 1 aromatic heterocycles. The van der Waals surface area contributed by atoms with E-state index in [-0.39, 0.29) is 11.9 Å². The molecule has 6 nitrogen and oxygen atoms in total. The fourth-order valence-corrected chi connectivity index (χ4v) is 3.27. The van der Waals surface area contributed by atoms with Crippen LogP contribution in [0.15, 0.2) is 36.4 Å². The molecule has 1 unspecified atom stereocenters. The molecule has 0 saturated carbocycles. The predicted molar refractivity (Wildman–Crippen MR) is 109 cm³/mol. The summed E-state index contributed by atoms with van der Waals surface area (Å²) >= 11 is 0. The lowest BCUT2D eigenvalue weighted by atomic mass is 10.2. The normalized spacial score (nSPS) is 16.4. The molecule has 3 rings (SSSR count). The summed E-state index contributed by atoms with van der Waals surface area (Å²) in [6.45, 7) is 11.6. The molecule has 0 spiro atoms. The maximum atomic E-state index is 12.5. The first-order valence-electron chi connectivity index (χ1n) is 9.64. The average Bonchev–Trinajstić information content (AvgIpc) is 2.67. The SMILES string of the molecule is Cc1cc(N2CCN(C(C)C(=O)Nc3ccccc3)CC2)nc(C(C)C)n1. The second kappa shape index (κ2) is 8.48. The van der Waals surface area contributed by atoms with Gasteiger partial charge in [-0.3, -0.25) is 9.69 Å². The molecule has 27 heavy (non-hydrogen) atoms. The lowest BCUT2D eigenvalue weighted by molar-refractivity contribution is -0.120. The molecule has 1 aliphatic heterocycles. The number of rotatable bonds is 5. The maximum Gasteiger partial charge on any atom is 0.241 e. The Bertz CT molecular complexity index is 769. The van der Waals surface area contributed by atoms with Crippen LogP contribution >= 0.6 is 0 Å². The Morgan fingerprint density at radius 1 is 1.04 bits per heavy atom. The van der Waals surface area contributed by atoms with E-state index in [9.17, 15) is 4.79 Å². The summed E-state index contributed by atoms with van der Waals surface area (Å²) in [7, 11) is 0. The van der Waals surface area contributed by atoms with E-state index < -0.39 is 0 Å². The highest BCUT2D eigenvalue weighted by atomic mass is 16.2. The molecule has 0 bridgehead atoms. The largest absolute Gasteiger partial charge is 0.354 e. The van der Waals surface area contributed by atoms with Crippen LogP contribution in [0.2, 0.25) is 0 Å². The summed E-state index contributed by atoms with van der Waals surface area (Å²) in [5.74, 6) is 2.23. The fraction of sp³-hybridized carbons (Fsp3) is 0.476. The smallest absolute Gasteiger partial charge is 0.241 e. The van der Waals surface area contributed by atoms with Gasteiger partial charge in [0, 0.05) is 49.5 Å². The highest BCUT2D eigenvalue weighted by molar-refractivity contribution is 5.94. The number of aromatic nitrogens is 2. The van der Waals surface area contributed by atoms with Gasteiger partial charge in [0.25, 0.3) is 0 Å². The minimum absolute atomic E-state index is 0.0367. The minimum Gasteiger partial charge on any atom is -0.354 e. The zero-order valence-corrected chi connectivity index (χ0v) is 16.6. The quantitative estimate of drug-likeness (QED) is 0.880. The third-order valence-electron chi connectivity index (χ3n) is 4.98. The third-order valence-corrected chi connectivity index (χ3v) is 4.98. The topological polar surface area (TPSA) is 61.4 Å². The van der Waals surface area contributed by atoms with Gasteiger partial charge in [0.2, 0.25) is 5.91 Å². The van der Waals surface area contributed by atoms with E-state index in [2.05, 4.69) is 33.9 Å². The van der Waals surface area contributed by atoms with Crippen LogP contribution in [0.5, 0.6) is 0 Å². The number of aryl methyl sites for hydroxylation is 1. The molecular weight excluding hydrogens is 338 g/mol. The standard InChI is InChI=1S/C21H29N5O/c1-15(2)20-22-16(3)14-19(24-20)26-12-10-25(11-13-26)17(4)21(27)23-18-8-6-5-7-9-18/h5-9,14-15,17H,10-13H2,1-4H3,(H,23,27). The van der Waals surface area contributed by atoms with Gasteiger partial charge in [-0.2, -0.15) is 0 Å². The molecule has 1 saturated heterocycles. The van der Waals surface area contributed by atoms with Crippen molar-refractivity contribution in [1.82, 2.24) is 14.9 Å². The number of anilines is 2. The van der Waals surface area contributed by atoms with Crippen LogP contribution in [0.1, 0.15) is 38.2 Å². The number of carbonyl (C=O) groups excluding carboxylic acids is 1. The first-order chi connectivity index (χ1) is 12.9. The molecule has 1 N–H and O–H groups in total. The van der Waals surface area contributed by atoms with Crippen LogP contribution in [0.25, 0.3) is 0 Å². The van der Waals surface area contributed by atoms with E-state index in [4.69, 9.17) is 4.98 Å². The third kappa shape index (κ3) is 4.83. The number of hydrogen-bond donors (Lipinski definition) is 1. The molecule has 1 fully saturated rings. The van der Waals surface area contributed by atoms with Crippen molar-refractivity contribution in [3.8, 4) is 0 Å². The number of benzene rings is 1. The van der Waals surface area contributed by atoms with Crippen LogP contribution in [0.3, 0.4) is 0 Å². The highest BCUT2D eigenvalue weighted by Crippen LogP contribution is 2.19. The molecule has 1 aliphatic rings. The van der Waals surface area contributed by atoms with Crippen LogP contribution in [0.4, 0.5) is 11.5 Å². The molecule has 144 valence electrons. The maximum absolute atomic E-state index is 12.5. The number of nitrogens with zero attached hydrogens (tertiary/aromatic N) is 4. The number of hydrogen-bond acceptors (Lipinski definition) is 5. The molecule has 2 heterocycles. The molecule has 2 aromatic rings.